The second-order valence-electron chi connectivity index (χ2n) is 6.66. The van der Waals surface area contributed by atoms with Crippen LogP contribution in [0.25, 0.3) is 11.1 Å². The fourth-order valence-electron chi connectivity index (χ4n) is 3.40. The molecule has 3 heterocycles. The van der Waals surface area contributed by atoms with Gasteiger partial charge in [-0.1, -0.05) is 12.1 Å². The largest absolute Gasteiger partial charge is 0.419 e. The van der Waals surface area contributed by atoms with E-state index in [4.69, 9.17) is 4.42 Å². The monoisotopic (exact) mass is 445 g/mol. The van der Waals surface area contributed by atoms with Gasteiger partial charge in [-0.25, -0.2) is 14.8 Å². The van der Waals surface area contributed by atoms with E-state index in [1.807, 2.05) is 23.1 Å². The van der Waals surface area contributed by atoms with Crippen LogP contribution in [0.2, 0.25) is 0 Å². The van der Waals surface area contributed by atoms with Crippen molar-refractivity contribution in [3.8, 4) is 0 Å². The van der Waals surface area contributed by atoms with E-state index in [2.05, 4.69) is 30.8 Å². The molecule has 0 radical (unpaired) electrons. The van der Waals surface area contributed by atoms with Crippen molar-refractivity contribution in [1.29, 1.82) is 0 Å². The first-order valence-electron chi connectivity index (χ1n) is 9.20. The molecular weight excluding hydrogens is 426 g/mol. The number of amides is 1. The molecule has 0 saturated carbocycles. The highest BCUT2D eigenvalue weighted by molar-refractivity contribution is 9.10. The number of hydrogen-bond acceptors (Lipinski definition) is 6. The Labute approximate surface area is 169 Å². The van der Waals surface area contributed by atoms with Crippen molar-refractivity contribution in [1.82, 2.24) is 19.4 Å². The molecule has 3 aromatic rings. The topological polar surface area (TPSA) is 84.5 Å². The van der Waals surface area contributed by atoms with Crippen molar-refractivity contribution in [2.24, 2.45) is 0 Å². The highest BCUT2D eigenvalue weighted by Gasteiger charge is 2.22. The first-order chi connectivity index (χ1) is 13.6. The lowest BCUT2D eigenvalue weighted by atomic mass is 10.2. The highest BCUT2D eigenvalue weighted by atomic mass is 79.9. The molecule has 28 heavy (non-hydrogen) atoms. The molecule has 0 bridgehead atoms. The fourth-order valence-corrected chi connectivity index (χ4v) is 3.60. The smallest absolute Gasteiger partial charge is 0.408 e. The quantitative estimate of drug-likeness (QED) is 0.598. The van der Waals surface area contributed by atoms with Gasteiger partial charge in [-0.05, 0) is 34.5 Å². The van der Waals surface area contributed by atoms with E-state index in [-0.39, 0.29) is 11.7 Å². The lowest BCUT2D eigenvalue weighted by Gasteiger charge is -2.34. The van der Waals surface area contributed by atoms with E-state index >= 15 is 0 Å². The zero-order valence-electron chi connectivity index (χ0n) is 15.3. The maximum atomic E-state index is 12.5. The zero-order valence-corrected chi connectivity index (χ0v) is 16.8. The van der Waals surface area contributed by atoms with Gasteiger partial charge in [-0.2, -0.15) is 0 Å². The summed E-state index contributed by atoms with van der Waals surface area (Å²) in [6.45, 7) is 3.17. The molecule has 146 valence electrons. The number of para-hydroxylation sites is 2. The molecule has 1 aliphatic heterocycles. The van der Waals surface area contributed by atoms with Crippen molar-refractivity contribution >= 4 is 38.9 Å². The standard InChI is InChI=1S/C19H20BrN5O3/c20-14-12-21-18(22-13-14)24-10-8-23(9-11-24)17(26)6-3-7-25-15-4-1-2-5-16(15)28-19(25)27/h1-2,4-5,12-13H,3,6-11H2. The molecule has 0 atom stereocenters. The number of aryl methyl sites for hydroxylation is 1. The van der Waals surface area contributed by atoms with Crippen molar-refractivity contribution < 1.29 is 9.21 Å². The summed E-state index contributed by atoms with van der Waals surface area (Å²) in [6.07, 6.45) is 4.45. The summed E-state index contributed by atoms with van der Waals surface area (Å²) in [5, 5.41) is 0. The van der Waals surface area contributed by atoms with Crippen LogP contribution in [0.1, 0.15) is 12.8 Å². The van der Waals surface area contributed by atoms with Crippen LogP contribution in [0.4, 0.5) is 5.95 Å². The van der Waals surface area contributed by atoms with Crippen LogP contribution in [-0.4, -0.2) is 51.5 Å². The number of oxazole rings is 1. The van der Waals surface area contributed by atoms with Crippen LogP contribution in [0.3, 0.4) is 0 Å². The summed E-state index contributed by atoms with van der Waals surface area (Å²) in [5.74, 6) is 0.412. The molecule has 0 spiro atoms. The number of halogens is 1. The number of hydrogen-bond donors (Lipinski definition) is 0. The van der Waals surface area contributed by atoms with Gasteiger partial charge in [0.25, 0.3) is 0 Å². The molecule has 1 aromatic carbocycles. The Balaban J connectivity index is 1.28. The summed E-state index contributed by atoms with van der Waals surface area (Å²) in [7, 11) is 0. The lowest BCUT2D eigenvalue weighted by Crippen LogP contribution is -2.49. The number of anilines is 1. The van der Waals surface area contributed by atoms with Gasteiger partial charge in [0.2, 0.25) is 11.9 Å². The van der Waals surface area contributed by atoms with E-state index in [9.17, 15) is 9.59 Å². The number of nitrogens with zero attached hydrogens (tertiary/aromatic N) is 5. The molecule has 2 aromatic heterocycles. The molecule has 1 fully saturated rings. The number of fused-ring (bicyclic) bond motifs is 1. The van der Waals surface area contributed by atoms with Crippen LogP contribution < -0.4 is 10.7 Å². The van der Waals surface area contributed by atoms with Crippen molar-refractivity contribution in [2.75, 3.05) is 31.1 Å². The third-order valence-electron chi connectivity index (χ3n) is 4.87. The maximum absolute atomic E-state index is 12.5. The van der Waals surface area contributed by atoms with Gasteiger partial charge < -0.3 is 14.2 Å². The summed E-state index contributed by atoms with van der Waals surface area (Å²) in [5.41, 5.74) is 1.34. The molecule has 1 aliphatic rings. The summed E-state index contributed by atoms with van der Waals surface area (Å²) >= 11 is 3.33. The van der Waals surface area contributed by atoms with E-state index in [1.54, 1.807) is 23.0 Å². The number of rotatable bonds is 5. The minimum absolute atomic E-state index is 0.109. The molecule has 8 nitrogen and oxygen atoms in total. The van der Waals surface area contributed by atoms with Gasteiger partial charge in [0.15, 0.2) is 5.58 Å². The van der Waals surface area contributed by atoms with Gasteiger partial charge in [0.1, 0.15) is 0 Å². The summed E-state index contributed by atoms with van der Waals surface area (Å²) in [6, 6.07) is 7.32. The molecule has 1 saturated heterocycles. The molecule has 1 amide bonds. The van der Waals surface area contributed by atoms with Gasteiger partial charge in [0.05, 0.1) is 9.99 Å². The number of benzene rings is 1. The Morgan fingerprint density at radius 3 is 2.57 bits per heavy atom. The first kappa shape index (κ1) is 18.7. The average molecular weight is 446 g/mol. The lowest BCUT2D eigenvalue weighted by molar-refractivity contribution is -0.131. The van der Waals surface area contributed by atoms with Crippen LogP contribution in [-0.2, 0) is 11.3 Å². The molecule has 4 rings (SSSR count). The molecule has 0 N–H and O–H groups in total. The number of carbonyl (C=O) groups is 1. The summed E-state index contributed by atoms with van der Waals surface area (Å²) < 4.78 is 7.66. The predicted molar refractivity (Wildman–Crippen MR) is 108 cm³/mol. The SMILES string of the molecule is O=C(CCCn1c(=O)oc2ccccc21)N1CCN(c2ncc(Br)cn2)CC1. The van der Waals surface area contributed by atoms with E-state index in [0.717, 1.165) is 9.99 Å². The van der Waals surface area contributed by atoms with Crippen LogP contribution in [0.5, 0.6) is 0 Å². The average Bonchev–Trinajstić information content (AvgIpc) is 3.04. The number of aromatic nitrogens is 3. The molecular formula is C19H20BrN5O3. The van der Waals surface area contributed by atoms with Crippen molar-refractivity contribution in [2.45, 2.75) is 19.4 Å². The first-order valence-corrected chi connectivity index (χ1v) is 10.00. The molecule has 9 heteroatoms. The zero-order chi connectivity index (χ0) is 19.5. The number of piperazine rings is 1. The molecule has 0 unspecified atom stereocenters. The minimum Gasteiger partial charge on any atom is -0.408 e. The van der Waals surface area contributed by atoms with Gasteiger partial charge in [-0.3, -0.25) is 9.36 Å². The van der Waals surface area contributed by atoms with E-state index in [0.29, 0.717) is 57.1 Å². The predicted octanol–water partition coefficient (Wildman–Crippen LogP) is 2.28. The Kier molecular flexibility index (Phi) is 5.43. The van der Waals surface area contributed by atoms with E-state index in [1.165, 1.54) is 0 Å². The maximum Gasteiger partial charge on any atom is 0.419 e. The van der Waals surface area contributed by atoms with Crippen LogP contribution >= 0.6 is 15.9 Å². The van der Waals surface area contributed by atoms with E-state index < -0.39 is 0 Å². The Morgan fingerprint density at radius 2 is 1.82 bits per heavy atom. The Morgan fingerprint density at radius 1 is 1.11 bits per heavy atom. The highest BCUT2D eigenvalue weighted by Crippen LogP contribution is 2.15. The van der Waals surface area contributed by atoms with Gasteiger partial charge >= 0.3 is 5.76 Å². The van der Waals surface area contributed by atoms with Gasteiger partial charge in [-0.15, -0.1) is 0 Å². The Hall–Kier alpha value is -2.68. The minimum atomic E-state index is -0.378. The summed E-state index contributed by atoms with van der Waals surface area (Å²) in [4.78, 5) is 37.1. The van der Waals surface area contributed by atoms with Crippen LogP contribution in [0.15, 0.2) is 50.3 Å². The third kappa shape index (κ3) is 3.94. The fraction of sp³-hybridized carbons (Fsp3) is 0.368. The third-order valence-corrected chi connectivity index (χ3v) is 5.28. The van der Waals surface area contributed by atoms with Crippen LogP contribution in [0, 0.1) is 0 Å². The second-order valence-corrected chi connectivity index (χ2v) is 7.58. The second kappa shape index (κ2) is 8.14. The number of carbonyl (C=O) groups excluding carboxylic acids is 1. The van der Waals surface area contributed by atoms with Crippen molar-refractivity contribution in [3.63, 3.8) is 0 Å². The normalized spacial score (nSPS) is 14.6. The molecule has 0 aliphatic carbocycles. The van der Waals surface area contributed by atoms with Gasteiger partial charge in [0, 0.05) is 51.5 Å². The van der Waals surface area contributed by atoms with Crippen molar-refractivity contribution in [3.05, 3.63) is 51.7 Å². The Bertz CT molecular complexity index is 1020.